The van der Waals surface area contributed by atoms with Crippen molar-refractivity contribution in [3.63, 3.8) is 0 Å². The number of hydrogen-bond donors (Lipinski definition) is 1. The van der Waals surface area contributed by atoms with E-state index in [1.165, 1.54) is 12.8 Å². The van der Waals surface area contributed by atoms with Crippen LogP contribution < -0.4 is 5.73 Å². The Balaban J connectivity index is 1.80. The van der Waals surface area contributed by atoms with E-state index in [4.69, 9.17) is 15.2 Å². The van der Waals surface area contributed by atoms with E-state index in [0.29, 0.717) is 19.1 Å². The van der Waals surface area contributed by atoms with Gasteiger partial charge in [-0.2, -0.15) is 0 Å². The molecule has 17 heavy (non-hydrogen) atoms. The lowest BCUT2D eigenvalue weighted by atomic mass is 9.92. The lowest BCUT2D eigenvalue weighted by molar-refractivity contribution is -0.152. The average molecular weight is 241 g/mol. The topological polar surface area (TPSA) is 61.6 Å². The molecule has 1 aliphatic heterocycles. The molecule has 4 heteroatoms. The summed E-state index contributed by atoms with van der Waals surface area (Å²) in [5, 5.41) is 0. The third kappa shape index (κ3) is 3.42. The molecule has 98 valence electrons. The highest BCUT2D eigenvalue weighted by molar-refractivity contribution is 5.80. The number of carbonyl (C=O) groups excluding carboxylic acids is 1. The van der Waals surface area contributed by atoms with Gasteiger partial charge in [0, 0.05) is 12.5 Å². The summed E-state index contributed by atoms with van der Waals surface area (Å²) >= 11 is 0. The largest absolute Gasteiger partial charge is 0.464 e. The van der Waals surface area contributed by atoms with Crippen LogP contribution in [0.1, 0.15) is 44.9 Å². The Morgan fingerprint density at radius 3 is 2.59 bits per heavy atom. The highest BCUT2D eigenvalue weighted by Gasteiger charge is 2.36. The summed E-state index contributed by atoms with van der Waals surface area (Å²) in [4.78, 5) is 12.0. The molecule has 2 aliphatic rings. The predicted molar refractivity (Wildman–Crippen MR) is 64.5 cm³/mol. The minimum atomic E-state index is -0.726. The van der Waals surface area contributed by atoms with E-state index in [2.05, 4.69) is 0 Å². The Morgan fingerprint density at radius 1 is 1.29 bits per heavy atom. The third-order valence-corrected chi connectivity index (χ3v) is 3.88. The van der Waals surface area contributed by atoms with E-state index in [1.54, 1.807) is 0 Å². The molecular formula is C13H23NO3. The van der Waals surface area contributed by atoms with Gasteiger partial charge >= 0.3 is 5.97 Å². The van der Waals surface area contributed by atoms with Crippen LogP contribution in [0.4, 0.5) is 0 Å². The Labute approximate surface area is 103 Å². The van der Waals surface area contributed by atoms with Gasteiger partial charge in [0.15, 0.2) is 0 Å². The molecule has 1 saturated carbocycles. The van der Waals surface area contributed by atoms with Gasteiger partial charge in [0.25, 0.3) is 0 Å². The molecule has 1 heterocycles. The van der Waals surface area contributed by atoms with Crippen LogP contribution in [-0.4, -0.2) is 31.3 Å². The second kappa shape index (κ2) is 5.83. The summed E-state index contributed by atoms with van der Waals surface area (Å²) in [6.07, 6.45) is 6.98. The Kier molecular flexibility index (Phi) is 4.40. The van der Waals surface area contributed by atoms with Crippen molar-refractivity contribution >= 4 is 5.97 Å². The van der Waals surface area contributed by atoms with E-state index in [9.17, 15) is 4.79 Å². The van der Waals surface area contributed by atoms with Gasteiger partial charge in [-0.3, -0.25) is 4.79 Å². The number of ether oxygens (including phenoxy) is 2. The number of rotatable bonds is 3. The molecule has 1 aliphatic carbocycles. The van der Waals surface area contributed by atoms with Crippen molar-refractivity contribution in [3.8, 4) is 0 Å². The zero-order valence-corrected chi connectivity index (χ0v) is 10.5. The van der Waals surface area contributed by atoms with E-state index in [1.807, 2.05) is 0 Å². The minimum Gasteiger partial charge on any atom is -0.464 e. The Bertz CT molecular complexity index is 253. The number of hydrogen-bond acceptors (Lipinski definition) is 4. The van der Waals surface area contributed by atoms with Gasteiger partial charge in [0.1, 0.15) is 5.54 Å². The van der Waals surface area contributed by atoms with Crippen LogP contribution in [-0.2, 0) is 14.3 Å². The maximum atomic E-state index is 12.0. The summed E-state index contributed by atoms with van der Waals surface area (Å²) in [5.41, 5.74) is 5.46. The van der Waals surface area contributed by atoms with Gasteiger partial charge in [-0.25, -0.2) is 0 Å². The zero-order valence-electron chi connectivity index (χ0n) is 10.5. The summed E-state index contributed by atoms with van der Waals surface area (Å²) in [7, 11) is 0. The van der Waals surface area contributed by atoms with Crippen molar-refractivity contribution in [2.45, 2.75) is 50.5 Å². The van der Waals surface area contributed by atoms with Crippen molar-refractivity contribution in [1.29, 1.82) is 0 Å². The average Bonchev–Trinajstić information content (AvgIpc) is 2.74. The SMILES string of the molecule is NC1(C(=O)OCC2CCOC2)CCCCCC1. The van der Waals surface area contributed by atoms with Gasteiger partial charge in [0.2, 0.25) is 0 Å². The zero-order chi connectivity index (χ0) is 12.1. The van der Waals surface area contributed by atoms with Gasteiger partial charge in [-0.05, 0) is 19.3 Å². The minimum absolute atomic E-state index is 0.202. The molecule has 2 N–H and O–H groups in total. The van der Waals surface area contributed by atoms with Crippen LogP contribution >= 0.6 is 0 Å². The van der Waals surface area contributed by atoms with Crippen molar-refractivity contribution in [1.82, 2.24) is 0 Å². The maximum Gasteiger partial charge on any atom is 0.326 e. The molecule has 2 rings (SSSR count). The highest BCUT2D eigenvalue weighted by Crippen LogP contribution is 2.26. The first kappa shape index (κ1) is 12.8. The van der Waals surface area contributed by atoms with Crippen LogP contribution in [0.25, 0.3) is 0 Å². The molecule has 4 nitrogen and oxygen atoms in total. The first-order valence-electron chi connectivity index (χ1n) is 6.74. The van der Waals surface area contributed by atoms with Crippen LogP contribution in [0.15, 0.2) is 0 Å². The van der Waals surface area contributed by atoms with Crippen molar-refractivity contribution in [2.75, 3.05) is 19.8 Å². The maximum absolute atomic E-state index is 12.0. The van der Waals surface area contributed by atoms with E-state index in [0.717, 1.165) is 38.7 Å². The molecule has 0 spiro atoms. The first-order valence-corrected chi connectivity index (χ1v) is 6.74. The number of esters is 1. The monoisotopic (exact) mass is 241 g/mol. The fourth-order valence-electron chi connectivity index (χ4n) is 2.62. The first-order chi connectivity index (χ1) is 8.21. The smallest absolute Gasteiger partial charge is 0.326 e. The Morgan fingerprint density at radius 2 is 2.00 bits per heavy atom. The van der Waals surface area contributed by atoms with Crippen molar-refractivity contribution < 1.29 is 14.3 Å². The Hall–Kier alpha value is -0.610. The quantitative estimate of drug-likeness (QED) is 0.602. The van der Waals surface area contributed by atoms with Crippen LogP contribution in [0.5, 0.6) is 0 Å². The lowest BCUT2D eigenvalue weighted by Crippen LogP contribution is -2.49. The van der Waals surface area contributed by atoms with E-state index >= 15 is 0 Å². The molecule has 0 radical (unpaired) electrons. The van der Waals surface area contributed by atoms with Gasteiger partial charge in [-0.1, -0.05) is 25.7 Å². The standard InChI is InChI=1S/C13H23NO3/c14-13(6-3-1-2-4-7-13)12(15)17-10-11-5-8-16-9-11/h11H,1-10,14H2. The van der Waals surface area contributed by atoms with Crippen LogP contribution in [0.2, 0.25) is 0 Å². The highest BCUT2D eigenvalue weighted by atomic mass is 16.5. The van der Waals surface area contributed by atoms with Crippen molar-refractivity contribution in [3.05, 3.63) is 0 Å². The van der Waals surface area contributed by atoms with Gasteiger partial charge < -0.3 is 15.2 Å². The van der Waals surface area contributed by atoms with Crippen molar-refractivity contribution in [2.24, 2.45) is 11.7 Å². The summed E-state index contributed by atoms with van der Waals surface area (Å²) in [6.45, 7) is 1.97. The molecule has 0 aromatic carbocycles. The second-order valence-electron chi connectivity index (χ2n) is 5.40. The second-order valence-corrected chi connectivity index (χ2v) is 5.40. The summed E-state index contributed by atoms with van der Waals surface area (Å²) in [5.74, 6) is 0.166. The lowest BCUT2D eigenvalue weighted by Gasteiger charge is -2.26. The fourth-order valence-corrected chi connectivity index (χ4v) is 2.62. The molecule has 0 aromatic heterocycles. The van der Waals surface area contributed by atoms with Crippen LogP contribution in [0, 0.1) is 5.92 Å². The summed E-state index contributed by atoms with van der Waals surface area (Å²) in [6, 6.07) is 0. The molecule has 2 fully saturated rings. The number of nitrogens with two attached hydrogens (primary N) is 1. The normalized spacial score (nSPS) is 28.6. The van der Waals surface area contributed by atoms with E-state index in [-0.39, 0.29) is 5.97 Å². The molecule has 1 atom stereocenters. The summed E-state index contributed by atoms with van der Waals surface area (Å²) < 4.78 is 10.6. The third-order valence-electron chi connectivity index (χ3n) is 3.88. The predicted octanol–water partition coefficient (Wildman–Crippen LogP) is 1.62. The molecule has 0 aromatic rings. The van der Waals surface area contributed by atoms with Crippen LogP contribution in [0.3, 0.4) is 0 Å². The molecule has 0 amide bonds. The molecule has 1 saturated heterocycles. The molecule has 1 unspecified atom stereocenters. The molecule has 0 bridgehead atoms. The van der Waals surface area contributed by atoms with Gasteiger partial charge in [-0.15, -0.1) is 0 Å². The fraction of sp³-hybridized carbons (Fsp3) is 0.923. The molecular weight excluding hydrogens is 218 g/mol. The van der Waals surface area contributed by atoms with Gasteiger partial charge in [0.05, 0.1) is 13.2 Å². The number of carbonyl (C=O) groups is 1. The van der Waals surface area contributed by atoms with E-state index < -0.39 is 5.54 Å².